The van der Waals surface area contributed by atoms with Crippen LogP contribution in [0.2, 0.25) is 0 Å². The Morgan fingerprint density at radius 1 is 1.04 bits per heavy atom. The van der Waals surface area contributed by atoms with Crippen LogP contribution in [0.5, 0.6) is 0 Å². The largest absolute Gasteiger partial charge is 0.353 e. The number of carbonyl (C=O) groups is 1. The van der Waals surface area contributed by atoms with Crippen molar-refractivity contribution in [3.05, 3.63) is 48.3 Å². The van der Waals surface area contributed by atoms with Gasteiger partial charge in [-0.2, -0.15) is 0 Å². The smallest absolute Gasteiger partial charge is 0.220 e. The quantitative estimate of drug-likeness (QED) is 0.874. The predicted octanol–water partition coefficient (Wildman–Crippen LogP) is 2.22. The van der Waals surface area contributed by atoms with E-state index in [1.54, 1.807) is 0 Å². The van der Waals surface area contributed by atoms with E-state index in [-0.39, 0.29) is 5.91 Å². The number of rotatable bonds is 6. The van der Waals surface area contributed by atoms with Crippen LogP contribution in [0.1, 0.15) is 25.3 Å². The van der Waals surface area contributed by atoms with E-state index < -0.39 is 0 Å². The van der Waals surface area contributed by atoms with Crippen molar-refractivity contribution in [2.45, 2.75) is 26.3 Å². The highest BCUT2D eigenvalue weighted by Crippen LogP contribution is 2.17. The van der Waals surface area contributed by atoms with Gasteiger partial charge in [-0.05, 0) is 30.2 Å². The fraction of sp³-hybridized carbons (Fsp3) is 0.421. The van der Waals surface area contributed by atoms with Crippen LogP contribution < -0.4 is 15.1 Å². The van der Waals surface area contributed by atoms with Gasteiger partial charge in [0.15, 0.2) is 0 Å². The Balaban J connectivity index is 1.51. The third kappa shape index (κ3) is 4.68. The number of hydrogen-bond acceptors (Lipinski definition) is 5. The topological polar surface area (TPSA) is 61.4 Å². The molecule has 0 aliphatic carbocycles. The number of amides is 1. The lowest BCUT2D eigenvalue weighted by molar-refractivity contribution is -0.121. The summed E-state index contributed by atoms with van der Waals surface area (Å²) in [6, 6.07) is 10.1. The second-order valence-corrected chi connectivity index (χ2v) is 6.21. The van der Waals surface area contributed by atoms with Crippen molar-refractivity contribution in [3.63, 3.8) is 0 Å². The molecule has 6 nitrogen and oxygen atoms in total. The Morgan fingerprint density at radius 3 is 2.32 bits per heavy atom. The molecule has 0 bridgehead atoms. The highest BCUT2D eigenvalue weighted by Gasteiger charge is 2.18. The molecule has 0 saturated carbocycles. The van der Waals surface area contributed by atoms with Crippen molar-refractivity contribution in [1.29, 1.82) is 0 Å². The molecular formula is C19H25N5O. The molecule has 132 valence electrons. The molecule has 0 radical (unpaired) electrons. The first-order valence-corrected chi connectivity index (χ1v) is 8.89. The first kappa shape index (κ1) is 17.2. The fourth-order valence-electron chi connectivity index (χ4n) is 2.93. The molecule has 1 N–H and O–H groups in total. The van der Waals surface area contributed by atoms with Gasteiger partial charge in [-0.15, -0.1) is 0 Å². The number of hydrogen-bond donors (Lipinski definition) is 1. The summed E-state index contributed by atoms with van der Waals surface area (Å²) in [5.74, 6) is 2.12. The lowest BCUT2D eigenvalue weighted by Crippen LogP contribution is -2.47. The minimum Gasteiger partial charge on any atom is -0.353 e. The van der Waals surface area contributed by atoms with Crippen molar-refractivity contribution in [2.75, 3.05) is 36.0 Å². The molecule has 25 heavy (non-hydrogen) atoms. The van der Waals surface area contributed by atoms with Gasteiger partial charge in [-0.25, -0.2) is 9.97 Å². The molecule has 3 rings (SSSR count). The van der Waals surface area contributed by atoms with Crippen LogP contribution in [0.3, 0.4) is 0 Å². The summed E-state index contributed by atoms with van der Waals surface area (Å²) in [5, 5.41) is 2.92. The maximum atomic E-state index is 11.5. The monoisotopic (exact) mass is 339 g/mol. The van der Waals surface area contributed by atoms with E-state index in [4.69, 9.17) is 0 Å². The molecule has 2 aromatic heterocycles. The van der Waals surface area contributed by atoms with Crippen molar-refractivity contribution in [2.24, 2.45) is 0 Å². The molecule has 0 spiro atoms. The van der Waals surface area contributed by atoms with E-state index in [2.05, 4.69) is 31.2 Å². The predicted molar refractivity (Wildman–Crippen MR) is 99.7 cm³/mol. The number of nitrogens with zero attached hydrogens (tertiary/aromatic N) is 4. The van der Waals surface area contributed by atoms with Gasteiger partial charge in [0.2, 0.25) is 5.91 Å². The van der Waals surface area contributed by atoms with Crippen LogP contribution in [0.25, 0.3) is 0 Å². The van der Waals surface area contributed by atoms with Gasteiger partial charge >= 0.3 is 0 Å². The molecular weight excluding hydrogens is 314 g/mol. The van der Waals surface area contributed by atoms with Crippen LogP contribution in [0.15, 0.2) is 42.7 Å². The average Bonchev–Trinajstić information content (AvgIpc) is 2.68. The molecule has 1 aliphatic rings. The number of nitrogens with one attached hydrogen (secondary N) is 1. The zero-order chi connectivity index (χ0) is 17.5. The number of piperazine rings is 1. The maximum absolute atomic E-state index is 11.5. The standard InChI is InChI=1S/C19H25N5O/c1-2-5-19(25)22-15-16-7-8-18(21-14-16)24-12-10-23(11-13-24)17-6-3-4-9-20-17/h3-4,6-9,14H,2,5,10-13,15H2,1H3,(H,22,25). The van der Waals surface area contributed by atoms with Crippen LogP contribution in [0.4, 0.5) is 11.6 Å². The van der Waals surface area contributed by atoms with Crippen molar-refractivity contribution in [1.82, 2.24) is 15.3 Å². The van der Waals surface area contributed by atoms with Crippen molar-refractivity contribution < 1.29 is 4.79 Å². The van der Waals surface area contributed by atoms with E-state index >= 15 is 0 Å². The van der Waals surface area contributed by atoms with Gasteiger partial charge in [0.1, 0.15) is 11.6 Å². The molecule has 1 aliphatic heterocycles. The molecule has 2 aromatic rings. The lowest BCUT2D eigenvalue weighted by Gasteiger charge is -2.36. The van der Waals surface area contributed by atoms with Gasteiger partial charge in [-0.1, -0.05) is 19.1 Å². The van der Waals surface area contributed by atoms with Gasteiger partial charge in [0.25, 0.3) is 0 Å². The summed E-state index contributed by atoms with van der Waals surface area (Å²) in [4.78, 5) is 25.1. The number of pyridine rings is 2. The summed E-state index contributed by atoms with van der Waals surface area (Å²) in [6.07, 6.45) is 5.13. The Hall–Kier alpha value is -2.63. The summed E-state index contributed by atoms with van der Waals surface area (Å²) >= 11 is 0. The highest BCUT2D eigenvalue weighted by molar-refractivity contribution is 5.75. The minimum absolute atomic E-state index is 0.0946. The van der Waals surface area contributed by atoms with Gasteiger partial charge < -0.3 is 15.1 Å². The Morgan fingerprint density at radius 2 is 1.76 bits per heavy atom. The molecule has 1 amide bonds. The Labute approximate surface area is 148 Å². The van der Waals surface area contributed by atoms with E-state index in [1.165, 1.54) is 0 Å². The van der Waals surface area contributed by atoms with Crippen LogP contribution >= 0.6 is 0 Å². The maximum Gasteiger partial charge on any atom is 0.220 e. The second kappa shape index (κ2) is 8.46. The SMILES string of the molecule is CCCC(=O)NCc1ccc(N2CCN(c3ccccn3)CC2)nc1. The van der Waals surface area contributed by atoms with Crippen molar-refractivity contribution >= 4 is 17.5 Å². The number of carbonyl (C=O) groups excluding carboxylic acids is 1. The summed E-state index contributed by atoms with van der Waals surface area (Å²) < 4.78 is 0. The van der Waals surface area contributed by atoms with Gasteiger partial charge in [0, 0.05) is 51.5 Å². The molecule has 1 saturated heterocycles. The molecule has 3 heterocycles. The molecule has 0 aromatic carbocycles. The van der Waals surface area contributed by atoms with E-state index in [0.29, 0.717) is 13.0 Å². The molecule has 0 unspecified atom stereocenters. The fourth-order valence-corrected chi connectivity index (χ4v) is 2.93. The molecule has 6 heteroatoms. The second-order valence-electron chi connectivity index (χ2n) is 6.21. The summed E-state index contributed by atoms with van der Waals surface area (Å²) in [5.41, 5.74) is 1.03. The zero-order valence-electron chi connectivity index (χ0n) is 14.7. The van der Waals surface area contributed by atoms with Gasteiger partial charge in [-0.3, -0.25) is 4.79 Å². The van der Waals surface area contributed by atoms with E-state index in [9.17, 15) is 4.79 Å². The van der Waals surface area contributed by atoms with E-state index in [1.807, 2.05) is 43.6 Å². The molecule has 0 atom stereocenters. The number of aromatic nitrogens is 2. The first-order valence-electron chi connectivity index (χ1n) is 8.89. The van der Waals surface area contributed by atoms with Crippen LogP contribution in [0, 0.1) is 0 Å². The Kier molecular flexibility index (Phi) is 5.82. The first-order chi connectivity index (χ1) is 12.3. The number of anilines is 2. The summed E-state index contributed by atoms with van der Waals surface area (Å²) in [6.45, 7) is 6.27. The zero-order valence-corrected chi connectivity index (χ0v) is 14.7. The lowest BCUT2D eigenvalue weighted by atomic mass is 10.2. The van der Waals surface area contributed by atoms with E-state index in [0.717, 1.165) is 49.8 Å². The minimum atomic E-state index is 0.0946. The normalized spacial score (nSPS) is 14.4. The van der Waals surface area contributed by atoms with Gasteiger partial charge in [0.05, 0.1) is 0 Å². The van der Waals surface area contributed by atoms with Crippen LogP contribution in [-0.2, 0) is 11.3 Å². The van der Waals surface area contributed by atoms with Crippen molar-refractivity contribution in [3.8, 4) is 0 Å². The third-order valence-corrected chi connectivity index (χ3v) is 4.35. The van der Waals surface area contributed by atoms with Crippen LogP contribution in [-0.4, -0.2) is 42.1 Å². The summed E-state index contributed by atoms with van der Waals surface area (Å²) in [7, 11) is 0. The average molecular weight is 339 g/mol. The molecule has 1 fully saturated rings. The highest BCUT2D eigenvalue weighted by atomic mass is 16.1. The Bertz CT molecular complexity index is 666. The third-order valence-electron chi connectivity index (χ3n) is 4.35.